The van der Waals surface area contributed by atoms with E-state index in [1.165, 1.54) is 11.3 Å². The fourth-order valence-electron chi connectivity index (χ4n) is 0.933. The monoisotopic (exact) mass is 214 g/mol. The Hall–Kier alpha value is -1.10. The van der Waals surface area contributed by atoms with Crippen LogP contribution in [0.5, 0.6) is 0 Å². The van der Waals surface area contributed by atoms with Gasteiger partial charge < -0.3 is 10.5 Å². The molecule has 0 aliphatic heterocycles. The predicted octanol–water partition coefficient (Wildman–Crippen LogP) is 1.99. The first-order chi connectivity index (χ1) is 6.29. The third-order valence-corrected chi connectivity index (χ3v) is 2.21. The van der Waals surface area contributed by atoms with Crippen molar-refractivity contribution in [2.45, 2.75) is 33.3 Å². The van der Waals surface area contributed by atoms with Gasteiger partial charge in [-0.25, -0.2) is 9.78 Å². The number of anilines is 1. The summed E-state index contributed by atoms with van der Waals surface area (Å²) < 4.78 is 5.17. The number of nitrogens with zero attached hydrogens (tertiary/aromatic N) is 1. The lowest BCUT2D eigenvalue weighted by atomic mass is 10.2. The van der Waals surface area contributed by atoms with Crippen LogP contribution in [0.4, 0.5) is 5.13 Å². The SMILES string of the molecule is Cc1sc(N)nc1C(=O)OC(C)(C)C. The van der Waals surface area contributed by atoms with Gasteiger partial charge in [-0.2, -0.15) is 0 Å². The zero-order valence-corrected chi connectivity index (χ0v) is 9.57. The Morgan fingerprint density at radius 2 is 2.07 bits per heavy atom. The smallest absolute Gasteiger partial charge is 0.358 e. The average Bonchev–Trinajstić information content (AvgIpc) is 2.26. The number of nitrogens with two attached hydrogens (primary N) is 1. The van der Waals surface area contributed by atoms with Gasteiger partial charge in [0.05, 0.1) is 0 Å². The molecule has 1 rings (SSSR count). The minimum Gasteiger partial charge on any atom is -0.455 e. The largest absolute Gasteiger partial charge is 0.455 e. The standard InChI is InChI=1S/C9H14N2O2S/c1-5-6(11-8(10)14-5)7(12)13-9(2,3)4/h1-4H3,(H2,10,11). The van der Waals surface area contributed by atoms with E-state index in [4.69, 9.17) is 10.5 Å². The molecule has 4 nitrogen and oxygen atoms in total. The summed E-state index contributed by atoms with van der Waals surface area (Å²) in [6, 6.07) is 0. The van der Waals surface area contributed by atoms with E-state index >= 15 is 0 Å². The number of hydrogen-bond acceptors (Lipinski definition) is 5. The number of carbonyl (C=O) groups excluding carboxylic acids is 1. The lowest BCUT2D eigenvalue weighted by molar-refractivity contribution is 0.00631. The van der Waals surface area contributed by atoms with E-state index in [0.717, 1.165) is 4.88 Å². The summed E-state index contributed by atoms with van der Waals surface area (Å²) in [5, 5.41) is 0.392. The summed E-state index contributed by atoms with van der Waals surface area (Å²) in [5.41, 5.74) is 5.30. The summed E-state index contributed by atoms with van der Waals surface area (Å²) in [5.74, 6) is -0.414. The number of ether oxygens (including phenoxy) is 1. The highest BCUT2D eigenvalue weighted by atomic mass is 32.1. The summed E-state index contributed by atoms with van der Waals surface area (Å²) >= 11 is 1.29. The van der Waals surface area contributed by atoms with Crippen LogP contribution in [0.1, 0.15) is 36.1 Å². The molecular weight excluding hydrogens is 200 g/mol. The minimum absolute atomic E-state index is 0.322. The molecule has 0 spiro atoms. The van der Waals surface area contributed by atoms with Crippen molar-refractivity contribution in [2.24, 2.45) is 0 Å². The maximum atomic E-state index is 11.6. The van der Waals surface area contributed by atoms with Crippen molar-refractivity contribution >= 4 is 22.4 Å². The fourth-order valence-corrected chi connectivity index (χ4v) is 1.61. The van der Waals surface area contributed by atoms with Crippen molar-refractivity contribution in [3.63, 3.8) is 0 Å². The number of hydrogen-bond donors (Lipinski definition) is 1. The predicted molar refractivity (Wildman–Crippen MR) is 56.4 cm³/mol. The molecule has 0 saturated carbocycles. The molecule has 0 unspecified atom stereocenters. The Labute approximate surface area is 87.1 Å². The molecule has 0 aliphatic rings. The van der Waals surface area contributed by atoms with Crippen LogP contribution in [0.25, 0.3) is 0 Å². The average molecular weight is 214 g/mol. The van der Waals surface area contributed by atoms with Crippen molar-refractivity contribution in [3.05, 3.63) is 10.6 Å². The number of aromatic nitrogens is 1. The van der Waals surface area contributed by atoms with E-state index < -0.39 is 11.6 Å². The Bertz CT molecular complexity index is 352. The van der Waals surface area contributed by atoms with Gasteiger partial charge in [-0.1, -0.05) is 0 Å². The number of thiazole rings is 1. The molecular formula is C9H14N2O2S. The molecule has 0 aliphatic carbocycles. The van der Waals surface area contributed by atoms with Crippen LogP contribution in [-0.4, -0.2) is 16.6 Å². The normalized spacial score (nSPS) is 11.4. The summed E-state index contributed by atoms with van der Waals surface area (Å²) in [4.78, 5) is 16.3. The molecule has 0 bridgehead atoms. The van der Waals surface area contributed by atoms with Crippen LogP contribution in [0.15, 0.2) is 0 Å². The molecule has 0 saturated heterocycles. The van der Waals surface area contributed by atoms with Gasteiger partial charge in [0.25, 0.3) is 0 Å². The maximum absolute atomic E-state index is 11.6. The van der Waals surface area contributed by atoms with E-state index in [-0.39, 0.29) is 0 Å². The first-order valence-electron chi connectivity index (χ1n) is 4.26. The summed E-state index contributed by atoms with van der Waals surface area (Å²) in [6.45, 7) is 7.25. The molecule has 0 amide bonds. The first kappa shape index (κ1) is 11.0. The Kier molecular flexibility index (Phi) is 2.80. The molecule has 0 fully saturated rings. The lowest BCUT2D eigenvalue weighted by Gasteiger charge is -2.18. The van der Waals surface area contributed by atoms with Gasteiger partial charge in [0, 0.05) is 4.88 Å². The van der Waals surface area contributed by atoms with Gasteiger partial charge in [0.2, 0.25) is 0 Å². The van der Waals surface area contributed by atoms with Crippen LogP contribution in [0.2, 0.25) is 0 Å². The maximum Gasteiger partial charge on any atom is 0.358 e. The zero-order chi connectivity index (χ0) is 10.9. The fraction of sp³-hybridized carbons (Fsp3) is 0.556. The highest BCUT2D eigenvalue weighted by Gasteiger charge is 2.21. The van der Waals surface area contributed by atoms with Crippen molar-refractivity contribution in [2.75, 3.05) is 5.73 Å². The molecule has 0 atom stereocenters. The molecule has 1 aromatic heterocycles. The van der Waals surface area contributed by atoms with Gasteiger partial charge in [-0.05, 0) is 27.7 Å². The number of esters is 1. The van der Waals surface area contributed by atoms with Crippen LogP contribution < -0.4 is 5.73 Å². The highest BCUT2D eigenvalue weighted by molar-refractivity contribution is 7.15. The van der Waals surface area contributed by atoms with Gasteiger partial charge in [-0.15, -0.1) is 11.3 Å². The lowest BCUT2D eigenvalue weighted by Crippen LogP contribution is -2.24. The van der Waals surface area contributed by atoms with E-state index in [1.807, 2.05) is 20.8 Å². The van der Waals surface area contributed by atoms with Crippen molar-refractivity contribution in [1.29, 1.82) is 0 Å². The van der Waals surface area contributed by atoms with Gasteiger partial charge >= 0.3 is 5.97 Å². The molecule has 14 heavy (non-hydrogen) atoms. The van der Waals surface area contributed by atoms with Crippen molar-refractivity contribution in [3.8, 4) is 0 Å². The van der Waals surface area contributed by atoms with E-state index in [1.54, 1.807) is 6.92 Å². The molecule has 5 heteroatoms. The Morgan fingerprint density at radius 3 is 2.43 bits per heavy atom. The van der Waals surface area contributed by atoms with E-state index in [9.17, 15) is 4.79 Å². The minimum atomic E-state index is -0.498. The van der Waals surface area contributed by atoms with Gasteiger partial charge in [0.1, 0.15) is 5.60 Å². The van der Waals surface area contributed by atoms with Gasteiger partial charge in [0.15, 0.2) is 10.8 Å². The third kappa shape index (κ3) is 2.70. The Balaban J connectivity index is 2.85. The second-order valence-corrected chi connectivity index (χ2v) is 5.19. The molecule has 0 radical (unpaired) electrons. The molecule has 0 aromatic carbocycles. The highest BCUT2D eigenvalue weighted by Crippen LogP contribution is 2.21. The number of aryl methyl sites for hydroxylation is 1. The first-order valence-corrected chi connectivity index (χ1v) is 5.07. The number of carbonyl (C=O) groups is 1. The second-order valence-electron chi connectivity index (χ2n) is 3.96. The topological polar surface area (TPSA) is 65.2 Å². The number of nitrogen functional groups attached to an aromatic ring is 1. The summed E-state index contributed by atoms with van der Waals surface area (Å²) in [6.07, 6.45) is 0. The summed E-state index contributed by atoms with van der Waals surface area (Å²) in [7, 11) is 0. The Morgan fingerprint density at radius 1 is 1.50 bits per heavy atom. The third-order valence-electron chi connectivity index (χ3n) is 1.41. The molecule has 1 aromatic rings. The number of rotatable bonds is 1. The zero-order valence-electron chi connectivity index (χ0n) is 8.75. The van der Waals surface area contributed by atoms with Crippen LogP contribution in [0.3, 0.4) is 0 Å². The second kappa shape index (κ2) is 3.57. The van der Waals surface area contributed by atoms with Crippen LogP contribution in [0, 0.1) is 6.92 Å². The van der Waals surface area contributed by atoms with Crippen LogP contribution in [-0.2, 0) is 4.74 Å². The van der Waals surface area contributed by atoms with E-state index in [0.29, 0.717) is 10.8 Å². The quantitative estimate of drug-likeness (QED) is 0.726. The van der Waals surface area contributed by atoms with Crippen LogP contribution >= 0.6 is 11.3 Å². The molecule has 78 valence electrons. The van der Waals surface area contributed by atoms with E-state index in [2.05, 4.69) is 4.98 Å². The van der Waals surface area contributed by atoms with Crippen molar-refractivity contribution in [1.82, 2.24) is 4.98 Å². The molecule has 2 N–H and O–H groups in total. The van der Waals surface area contributed by atoms with Crippen molar-refractivity contribution < 1.29 is 9.53 Å². The van der Waals surface area contributed by atoms with Gasteiger partial charge in [-0.3, -0.25) is 0 Å². The molecule has 1 heterocycles.